The van der Waals surface area contributed by atoms with E-state index >= 15 is 0 Å². The van der Waals surface area contributed by atoms with Gasteiger partial charge in [0, 0.05) is 35.5 Å². The van der Waals surface area contributed by atoms with Crippen LogP contribution in [0.3, 0.4) is 0 Å². The van der Waals surface area contributed by atoms with Crippen molar-refractivity contribution in [2.45, 2.75) is 20.4 Å². The van der Waals surface area contributed by atoms with Crippen LogP contribution in [0.5, 0.6) is 0 Å². The van der Waals surface area contributed by atoms with E-state index in [1.807, 2.05) is 63.2 Å². The number of hydrogen-bond donors (Lipinski definition) is 3. The van der Waals surface area contributed by atoms with Gasteiger partial charge in [0.2, 0.25) is 5.95 Å². The molecule has 0 spiro atoms. The summed E-state index contributed by atoms with van der Waals surface area (Å²) in [6, 6.07) is 15.4. The maximum atomic E-state index is 15.0. The fraction of sp³-hybridized carbons (Fsp3) is 0.226. The van der Waals surface area contributed by atoms with Gasteiger partial charge in [0.1, 0.15) is 17.3 Å². The number of aryl methyl sites for hydroxylation is 2. The van der Waals surface area contributed by atoms with Gasteiger partial charge < -0.3 is 20.9 Å². The molecule has 0 saturated carbocycles. The smallest absolute Gasteiger partial charge is 0.328 e. The standard InChI is InChI=1S/C31H31F2N7O2/c1-18-7-5-8-21(15-18)36-29(41)20-12-11-19(2)22(16-20)26-23-17-35-31(42)40(27-24(32)9-6-10-25(27)33)28(23)38-30(37-26)34-13-14-39(3)4/h5-12,15-16H,13-14,17H2,1-4H3,(H,35,42)(H,36,41)(H,34,37,38). The van der Waals surface area contributed by atoms with Crippen molar-refractivity contribution in [1.29, 1.82) is 0 Å². The summed E-state index contributed by atoms with van der Waals surface area (Å²) in [5.41, 5.74) is 3.84. The van der Waals surface area contributed by atoms with E-state index in [9.17, 15) is 18.4 Å². The second-order valence-corrected chi connectivity index (χ2v) is 10.3. The molecular weight excluding hydrogens is 540 g/mol. The van der Waals surface area contributed by atoms with Gasteiger partial charge in [-0.2, -0.15) is 4.98 Å². The van der Waals surface area contributed by atoms with E-state index in [-0.39, 0.29) is 24.2 Å². The van der Waals surface area contributed by atoms with E-state index < -0.39 is 23.4 Å². The third-order valence-corrected chi connectivity index (χ3v) is 6.85. The highest BCUT2D eigenvalue weighted by atomic mass is 19.1. The molecule has 1 aliphatic heterocycles. The third kappa shape index (κ3) is 5.91. The van der Waals surface area contributed by atoms with Gasteiger partial charge in [-0.15, -0.1) is 0 Å². The SMILES string of the molecule is Cc1cccc(NC(=O)c2ccc(C)c(-c3nc(NCCN(C)C)nc4c3CNC(=O)N4c3c(F)cccc3F)c2)c1. The summed E-state index contributed by atoms with van der Waals surface area (Å²) in [6.07, 6.45) is 0. The van der Waals surface area contributed by atoms with E-state index in [1.54, 1.807) is 12.1 Å². The first-order valence-electron chi connectivity index (χ1n) is 13.4. The molecule has 0 bridgehead atoms. The highest BCUT2D eigenvalue weighted by Gasteiger charge is 2.34. The molecule has 3 aromatic carbocycles. The van der Waals surface area contributed by atoms with Crippen molar-refractivity contribution >= 4 is 35.1 Å². The molecule has 0 radical (unpaired) electrons. The fourth-order valence-corrected chi connectivity index (χ4v) is 4.71. The second kappa shape index (κ2) is 11.9. The van der Waals surface area contributed by atoms with Crippen molar-refractivity contribution in [1.82, 2.24) is 20.2 Å². The highest BCUT2D eigenvalue weighted by molar-refractivity contribution is 6.06. The molecule has 0 unspecified atom stereocenters. The first-order chi connectivity index (χ1) is 20.1. The number of hydrogen-bond acceptors (Lipinski definition) is 6. The van der Waals surface area contributed by atoms with Crippen molar-refractivity contribution in [3.8, 4) is 11.3 Å². The summed E-state index contributed by atoms with van der Waals surface area (Å²) in [6.45, 7) is 4.98. The predicted molar refractivity (Wildman–Crippen MR) is 159 cm³/mol. The zero-order valence-electron chi connectivity index (χ0n) is 23.8. The molecule has 3 N–H and O–H groups in total. The molecule has 1 aliphatic rings. The van der Waals surface area contributed by atoms with E-state index in [2.05, 4.69) is 20.9 Å². The summed E-state index contributed by atoms with van der Waals surface area (Å²) in [7, 11) is 3.84. The minimum atomic E-state index is -0.911. The minimum Gasteiger partial charge on any atom is -0.353 e. The quantitative estimate of drug-likeness (QED) is 0.254. The number of halogens is 2. The van der Waals surface area contributed by atoms with Gasteiger partial charge >= 0.3 is 6.03 Å². The molecule has 5 rings (SSSR count). The molecule has 4 aromatic rings. The average Bonchev–Trinajstić information content (AvgIpc) is 2.93. The molecule has 42 heavy (non-hydrogen) atoms. The van der Waals surface area contributed by atoms with Crippen molar-refractivity contribution in [2.24, 2.45) is 0 Å². The molecule has 0 aliphatic carbocycles. The molecule has 3 amide bonds. The number of likely N-dealkylation sites (N-methyl/N-ethyl adjacent to an activating group) is 1. The molecule has 0 atom stereocenters. The van der Waals surface area contributed by atoms with Crippen LogP contribution in [0.4, 0.5) is 36.7 Å². The molecule has 0 fully saturated rings. The lowest BCUT2D eigenvalue weighted by Gasteiger charge is -2.31. The maximum absolute atomic E-state index is 15.0. The van der Waals surface area contributed by atoms with Crippen molar-refractivity contribution in [3.05, 3.63) is 94.6 Å². The summed E-state index contributed by atoms with van der Waals surface area (Å²) in [4.78, 5) is 38.5. The zero-order valence-corrected chi connectivity index (χ0v) is 23.8. The zero-order chi connectivity index (χ0) is 30.0. The number of para-hydroxylation sites is 1. The summed E-state index contributed by atoms with van der Waals surface area (Å²) in [5.74, 6) is -1.90. The number of nitrogens with one attached hydrogen (secondary N) is 3. The van der Waals surface area contributed by atoms with Crippen molar-refractivity contribution in [2.75, 3.05) is 42.7 Å². The number of aromatic nitrogens is 2. The fourth-order valence-electron chi connectivity index (χ4n) is 4.71. The Morgan fingerprint density at radius 2 is 1.76 bits per heavy atom. The Bertz CT molecular complexity index is 1660. The Morgan fingerprint density at radius 1 is 1.02 bits per heavy atom. The lowest BCUT2D eigenvalue weighted by molar-refractivity contribution is 0.102. The Labute approximate surface area is 242 Å². The first kappa shape index (κ1) is 28.6. The van der Waals surface area contributed by atoms with Crippen molar-refractivity contribution in [3.63, 3.8) is 0 Å². The van der Waals surface area contributed by atoms with E-state index in [1.165, 1.54) is 6.07 Å². The minimum absolute atomic E-state index is 0.0210. The van der Waals surface area contributed by atoms with Gasteiger partial charge in [0.25, 0.3) is 5.91 Å². The van der Waals surface area contributed by atoms with Crippen LogP contribution in [0.15, 0.2) is 60.7 Å². The number of anilines is 4. The topological polar surface area (TPSA) is 102 Å². The number of benzene rings is 3. The van der Waals surface area contributed by atoms with Crippen LogP contribution in [0, 0.1) is 25.5 Å². The van der Waals surface area contributed by atoms with Crippen LogP contribution < -0.4 is 20.9 Å². The molecule has 9 nitrogen and oxygen atoms in total. The average molecular weight is 572 g/mol. The number of carbonyl (C=O) groups is 2. The van der Waals surface area contributed by atoms with Gasteiger partial charge in [0.05, 0.1) is 12.2 Å². The monoisotopic (exact) mass is 571 g/mol. The predicted octanol–water partition coefficient (Wildman–Crippen LogP) is 5.63. The van der Waals surface area contributed by atoms with Gasteiger partial charge in [0.15, 0.2) is 5.82 Å². The number of carbonyl (C=O) groups excluding carboxylic acids is 2. The van der Waals surface area contributed by atoms with Crippen LogP contribution in [0.2, 0.25) is 0 Å². The van der Waals surface area contributed by atoms with E-state index in [0.29, 0.717) is 41.2 Å². The Kier molecular flexibility index (Phi) is 8.12. The number of fused-ring (bicyclic) bond motifs is 1. The maximum Gasteiger partial charge on any atom is 0.328 e. The van der Waals surface area contributed by atoms with Crippen LogP contribution in [0.1, 0.15) is 27.0 Å². The summed E-state index contributed by atoms with van der Waals surface area (Å²) >= 11 is 0. The van der Waals surface area contributed by atoms with Gasteiger partial charge in [-0.25, -0.2) is 23.5 Å². The second-order valence-electron chi connectivity index (χ2n) is 10.3. The number of urea groups is 1. The summed E-state index contributed by atoms with van der Waals surface area (Å²) < 4.78 is 29.9. The number of rotatable bonds is 8. The normalized spacial score (nSPS) is 12.6. The molecule has 216 valence electrons. The number of amides is 3. The highest BCUT2D eigenvalue weighted by Crippen LogP contribution is 2.39. The largest absolute Gasteiger partial charge is 0.353 e. The molecular formula is C31H31F2N7O2. The molecule has 0 saturated heterocycles. The molecule has 1 aromatic heterocycles. The van der Waals surface area contributed by atoms with E-state index in [4.69, 9.17) is 4.98 Å². The van der Waals surface area contributed by atoms with Crippen LogP contribution in [-0.4, -0.2) is 54.0 Å². The lowest BCUT2D eigenvalue weighted by atomic mass is 9.97. The van der Waals surface area contributed by atoms with Crippen LogP contribution in [0.25, 0.3) is 11.3 Å². The van der Waals surface area contributed by atoms with Crippen molar-refractivity contribution < 1.29 is 18.4 Å². The van der Waals surface area contributed by atoms with Gasteiger partial charge in [-0.05, 0) is 75.5 Å². The van der Waals surface area contributed by atoms with Gasteiger partial charge in [-0.3, -0.25) is 4.79 Å². The molecule has 2 heterocycles. The lowest BCUT2D eigenvalue weighted by Crippen LogP contribution is -2.43. The van der Waals surface area contributed by atoms with Crippen LogP contribution in [-0.2, 0) is 6.54 Å². The third-order valence-electron chi connectivity index (χ3n) is 6.85. The summed E-state index contributed by atoms with van der Waals surface area (Å²) in [5, 5.41) is 8.77. The van der Waals surface area contributed by atoms with Crippen LogP contribution >= 0.6 is 0 Å². The first-order valence-corrected chi connectivity index (χ1v) is 13.4. The van der Waals surface area contributed by atoms with Gasteiger partial charge in [-0.1, -0.05) is 24.3 Å². The number of nitrogens with zero attached hydrogens (tertiary/aromatic N) is 4. The molecule has 11 heteroatoms. The Hall–Kier alpha value is -4.90. The Balaban J connectivity index is 1.63. The Morgan fingerprint density at radius 3 is 2.48 bits per heavy atom. The van der Waals surface area contributed by atoms with E-state index in [0.717, 1.165) is 28.2 Å².